The maximum atomic E-state index is 12.4. The summed E-state index contributed by atoms with van der Waals surface area (Å²) in [7, 11) is 0. The average molecular weight is 391 g/mol. The first kappa shape index (κ1) is 19.2. The van der Waals surface area contributed by atoms with Gasteiger partial charge in [-0.05, 0) is 38.3 Å². The molecule has 0 spiro atoms. The van der Waals surface area contributed by atoms with Crippen LogP contribution in [0.4, 0.5) is 5.00 Å². The van der Waals surface area contributed by atoms with Crippen LogP contribution in [0.15, 0.2) is 21.9 Å². The molecular weight excluding hydrogens is 370 g/mol. The highest BCUT2D eigenvalue weighted by atomic mass is 32.1. The minimum Gasteiger partial charge on any atom is -0.462 e. The summed E-state index contributed by atoms with van der Waals surface area (Å²) in [5.41, 5.74) is 0.775. The molecule has 2 atom stereocenters. The van der Waals surface area contributed by atoms with Crippen LogP contribution in [0.5, 0.6) is 0 Å². The summed E-state index contributed by atoms with van der Waals surface area (Å²) >= 11 is 1.18. The largest absolute Gasteiger partial charge is 0.462 e. The van der Waals surface area contributed by atoms with Crippen LogP contribution in [0.25, 0.3) is 11.3 Å². The molecule has 1 amide bonds. The molecule has 0 radical (unpaired) electrons. The number of amides is 1. The number of hydrogen-bond donors (Lipinski definition) is 1. The zero-order valence-corrected chi connectivity index (χ0v) is 16.2. The molecule has 2 aromatic rings. The molecular formula is C19H21NO6S. The predicted molar refractivity (Wildman–Crippen MR) is 99.6 cm³/mol. The molecule has 1 aliphatic rings. The number of esters is 2. The molecule has 3 rings (SSSR count). The number of nitrogens with one attached hydrogen (secondary N) is 1. The van der Waals surface area contributed by atoms with Gasteiger partial charge in [0.25, 0.3) is 5.91 Å². The van der Waals surface area contributed by atoms with Crippen LogP contribution < -0.4 is 5.32 Å². The molecule has 1 saturated carbocycles. The molecule has 1 aliphatic carbocycles. The first-order chi connectivity index (χ1) is 12.9. The zero-order chi connectivity index (χ0) is 19.6. The van der Waals surface area contributed by atoms with Crippen molar-refractivity contribution < 1.29 is 28.3 Å². The van der Waals surface area contributed by atoms with E-state index < -0.39 is 18.5 Å². The Hall–Kier alpha value is -2.61. The molecule has 0 aromatic carbocycles. The van der Waals surface area contributed by atoms with Crippen LogP contribution in [-0.4, -0.2) is 31.1 Å². The van der Waals surface area contributed by atoms with Gasteiger partial charge in [-0.15, -0.1) is 11.3 Å². The van der Waals surface area contributed by atoms with Crippen LogP contribution >= 0.6 is 11.3 Å². The fourth-order valence-electron chi connectivity index (χ4n) is 2.67. The van der Waals surface area contributed by atoms with E-state index in [1.807, 2.05) is 6.92 Å². The fourth-order valence-corrected chi connectivity index (χ4v) is 3.63. The van der Waals surface area contributed by atoms with E-state index in [9.17, 15) is 14.4 Å². The Kier molecular flexibility index (Phi) is 5.65. The molecule has 1 fully saturated rings. The monoisotopic (exact) mass is 391 g/mol. The third-order valence-corrected chi connectivity index (χ3v) is 5.18. The first-order valence-corrected chi connectivity index (χ1v) is 9.60. The molecule has 1 N–H and O–H groups in total. The molecule has 2 unspecified atom stereocenters. The summed E-state index contributed by atoms with van der Waals surface area (Å²) in [6.45, 7) is 5.28. The van der Waals surface area contributed by atoms with Crippen LogP contribution in [0.1, 0.15) is 36.4 Å². The third-order valence-electron chi connectivity index (χ3n) is 4.29. The number of furan rings is 1. The summed E-state index contributed by atoms with van der Waals surface area (Å²) in [6, 6.07) is 3.54. The number of rotatable bonds is 7. The van der Waals surface area contributed by atoms with Gasteiger partial charge < -0.3 is 19.2 Å². The standard InChI is InChI=1S/C19H21NO6S/c1-4-24-19(23)16-13(14-6-5-11(3)26-14)9-27-17(16)20-15(21)8-25-18(22)12-7-10(12)2/h5-6,9-10,12H,4,7-8H2,1-3H3,(H,20,21). The number of hydrogen-bond acceptors (Lipinski definition) is 7. The van der Waals surface area contributed by atoms with Crippen molar-refractivity contribution in [3.63, 3.8) is 0 Å². The van der Waals surface area contributed by atoms with E-state index in [4.69, 9.17) is 13.9 Å². The van der Waals surface area contributed by atoms with Gasteiger partial charge in [-0.1, -0.05) is 6.92 Å². The third kappa shape index (κ3) is 4.39. The fraction of sp³-hybridized carbons (Fsp3) is 0.421. The summed E-state index contributed by atoms with van der Waals surface area (Å²) < 4.78 is 15.7. The Morgan fingerprint density at radius 3 is 2.63 bits per heavy atom. The first-order valence-electron chi connectivity index (χ1n) is 8.72. The normalized spacial score (nSPS) is 18.0. The molecule has 2 heterocycles. The van der Waals surface area contributed by atoms with Gasteiger partial charge in [0.2, 0.25) is 0 Å². The van der Waals surface area contributed by atoms with Crippen molar-refractivity contribution >= 4 is 34.2 Å². The second kappa shape index (κ2) is 7.96. The lowest BCUT2D eigenvalue weighted by atomic mass is 10.1. The number of ether oxygens (including phenoxy) is 2. The molecule has 7 nitrogen and oxygen atoms in total. The maximum Gasteiger partial charge on any atom is 0.341 e. The predicted octanol–water partition coefficient (Wildman–Crippen LogP) is 3.63. The highest BCUT2D eigenvalue weighted by molar-refractivity contribution is 7.15. The van der Waals surface area contributed by atoms with Crippen molar-refractivity contribution in [2.45, 2.75) is 27.2 Å². The Balaban J connectivity index is 1.74. The molecule has 144 valence electrons. The van der Waals surface area contributed by atoms with E-state index in [2.05, 4.69) is 5.32 Å². The smallest absolute Gasteiger partial charge is 0.341 e. The van der Waals surface area contributed by atoms with Crippen LogP contribution in [0, 0.1) is 18.8 Å². The topological polar surface area (TPSA) is 94.8 Å². The van der Waals surface area contributed by atoms with Gasteiger partial charge in [0, 0.05) is 10.9 Å². The van der Waals surface area contributed by atoms with Gasteiger partial charge >= 0.3 is 11.9 Å². The maximum absolute atomic E-state index is 12.4. The minimum atomic E-state index is -0.554. The number of anilines is 1. The summed E-state index contributed by atoms with van der Waals surface area (Å²) in [6.07, 6.45) is 0.796. The zero-order valence-electron chi connectivity index (χ0n) is 15.4. The van der Waals surface area contributed by atoms with Crippen LogP contribution in [0.2, 0.25) is 0 Å². The van der Waals surface area contributed by atoms with Gasteiger partial charge in [0.1, 0.15) is 22.1 Å². The number of carbonyl (C=O) groups excluding carboxylic acids is 3. The van der Waals surface area contributed by atoms with Crippen LogP contribution in [0.3, 0.4) is 0 Å². The van der Waals surface area contributed by atoms with Gasteiger partial charge in [0.15, 0.2) is 6.61 Å². The number of carbonyl (C=O) groups is 3. The number of aryl methyl sites for hydroxylation is 1. The van der Waals surface area contributed by atoms with E-state index in [0.29, 0.717) is 28.0 Å². The van der Waals surface area contributed by atoms with Crippen molar-refractivity contribution in [2.75, 3.05) is 18.5 Å². The SMILES string of the molecule is CCOC(=O)c1c(-c2ccc(C)o2)csc1NC(=O)COC(=O)C1CC1C. The lowest BCUT2D eigenvalue weighted by Gasteiger charge is -2.08. The summed E-state index contributed by atoms with van der Waals surface area (Å²) in [4.78, 5) is 36.3. The highest BCUT2D eigenvalue weighted by Gasteiger charge is 2.40. The lowest BCUT2D eigenvalue weighted by Crippen LogP contribution is -2.22. The van der Waals surface area contributed by atoms with Gasteiger partial charge in [-0.2, -0.15) is 0 Å². The quantitative estimate of drug-likeness (QED) is 0.724. The van der Waals surface area contributed by atoms with Crippen molar-refractivity contribution in [1.82, 2.24) is 0 Å². The van der Waals surface area contributed by atoms with Crippen molar-refractivity contribution in [2.24, 2.45) is 11.8 Å². The number of thiophene rings is 1. The van der Waals surface area contributed by atoms with E-state index in [-0.39, 0.29) is 24.1 Å². The Bertz CT molecular complexity index is 867. The van der Waals surface area contributed by atoms with Crippen molar-refractivity contribution in [3.05, 3.63) is 28.8 Å². The second-order valence-corrected chi connectivity index (χ2v) is 7.34. The van der Waals surface area contributed by atoms with Gasteiger partial charge in [-0.3, -0.25) is 9.59 Å². The Morgan fingerprint density at radius 2 is 2.04 bits per heavy atom. The van der Waals surface area contributed by atoms with E-state index in [1.54, 1.807) is 31.4 Å². The van der Waals surface area contributed by atoms with E-state index in [1.165, 1.54) is 11.3 Å². The van der Waals surface area contributed by atoms with Gasteiger partial charge in [-0.25, -0.2) is 4.79 Å². The second-order valence-electron chi connectivity index (χ2n) is 6.46. The summed E-state index contributed by atoms with van der Waals surface area (Å²) in [5, 5.41) is 4.68. The van der Waals surface area contributed by atoms with Gasteiger partial charge in [0.05, 0.1) is 12.5 Å². The molecule has 0 aliphatic heterocycles. The average Bonchev–Trinajstić information content (AvgIpc) is 3.02. The highest BCUT2D eigenvalue weighted by Crippen LogP contribution is 2.39. The molecule has 0 saturated heterocycles. The molecule has 8 heteroatoms. The van der Waals surface area contributed by atoms with E-state index >= 15 is 0 Å². The van der Waals surface area contributed by atoms with Crippen molar-refractivity contribution in [1.29, 1.82) is 0 Å². The summed E-state index contributed by atoms with van der Waals surface area (Å²) in [5.74, 6) is 0.00426. The van der Waals surface area contributed by atoms with Crippen LogP contribution in [-0.2, 0) is 19.1 Å². The Labute approximate surface area is 160 Å². The Morgan fingerprint density at radius 1 is 1.30 bits per heavy atom. The molecule has 0 bridgehead atoms. The lowest BCUT2D eigenvalue weighted by molar-refractivity contribution is -0.148. The van der Waals surface area contributed by atoms with E-state index in [0.717, 1.165) is 6.42 Å². The molecule has 2 aromatic heterocycles. The van der Waals surface area contributed by atoms with Crippen molar-refractivity contribution in [3.8, 4) is 11.3 Å². The molecule has 27 heavy (non-hydrogen) atoms. The minimum absolute atomic E-state index is 0.108.